The molecule has 4 N–H and O–H groups in total. The Kier molecular flexibility index (Phi) is 2.73. The van der Waals surface area contributed by atoms with Crippen LogP contribution in [0.4, 0.5) is 11.6 Å². The lowest BCUT2D eigenvalue weighted by Crippen LogP contribution is -2.38. The number of aryl methyl sites for hydroxylation is 1. The number of nitrogens with zero attached hydrogens (tertiary/aromatic N) is 2. The second kappa shape index (κ2) is 4.38. The third-order valence-electron chi connectivity index (χ3n) is 4.50. The van der Waals surface area contributed by atoms with Crippen molar-refractivity contribution in [2.24, 2.45) is 0 Å². The summed E-state index contributed by atoms with van der Waals surface area (Å²) >= 11 is 0. The van der Waals surface area contributed by atoms with Crippen LogP contribution in [0.15, 0.2) is 12.1 Å². The minimum Gasteiger partial charge on any atom is -0.475 e. The molecule has 0 unspecified atom stereocenters. The molecule has 4 rings (SSSR count). The van der Waals surface area contributed by atoms with Gasteiger partial charge >= 0.3 is 0 Å². The van der Waals surface area contributed by atoms with Gasteiger partial charge in [-0.1, -0.05) is 0 Å². The molecule has 2 aromatic rings. The third-order valence-corrected chi connectivity index (χ3v) is 4.50. The second-order valence-electron chi connectivity index (χ2n) is 7.07. The average molecular weight is 316 g/mol. The van der Waals surface area contributed by atoms with E-state index in [1.165, 1.54) is 0 Å². The monoisotopic (exact) mass is 316 g/mol. The van der Waals surface area contributed by atoms with Gasteiger partial charge in [0.2, 0.25) is 5.95 Å². The van der Waals surface area contributed by atoms with Gasteiger partial charge in [0.25, 0.3) is 5.91 Å². The fourth-order valence-corrected chi connectivity index (χ4v) is 2.91. The van der Waals surface area contributed by atoms with Crippen LogP contribution < -0.4 is 15.8 Å². The molecule has 23 heavy (non-hydrogen) atoms. The molecule has 1 aromatic carbocycles. The highest BCUT2D eigenvalue weighted by molar-refractivity contribution is 6.04. The van der Waals surface area contributed by atoms with Crippen molar-refractivity contribution >= 4 is 28.6 Å². The lowest BCUT2D eigenvalue weighted by Gasteiger charge is -2.25. The van der Waals surface area contributed by atoms with Crippen molar-refractivity contribution in [3.63, 3.8) is 0 Å². The van der Waals surface area contributed by atoms with Crippen molar-refractivity contribution < 1.29 is 14.6 Å². The number of aromatic nitrogens is 2. The Morgan fingerprint density at radius 1 is 1.48 bits per heavy atom. The molecule has 0 atom stereocenters. The number of fused-ring (bicyclic) bond motifs is 2. The van der Waals surface area contributed by atoms with E-state index in [0.29, 0.717) is 35.9 Å². The molecule has 122 valence electrons. The molecule has 0 bridgehead atoms. The number of anilines is 2. The predicted molar refractivity (Wildman–Crippen MR) is 86.3 cm³/mol. The minimum absolute atomic E-state index is 0.0845. The summed E-state index contributed by atoms with van der Waals surface area (Å²) in [6, 6.07) is 3.66. The van der Waals surface area contributed by atoms with Crippen LogP contribution in [0.1, 0.15) is 33.1 Å². The number of carbonyl (C=O) groups is 1. The normalized spacial score (nSPS) is 18.7. The van der Waals surface area contributed by atoms with Crippen molar-refractivity contribution in [2.75, 3.05) is 11.1 Å². The van der Waals surface area contributed by atoms with Crippen LogP contribution in [-0.4, -0.2) is 31.8 Å². The van der Waals surface area contributed by atoms with Crippen LogP contribution in [0.5, 0.6) is 5.75 Å². The van der Waals surface area contributed by atoms with Gasteiger partial charge in [-0.05, 0) is 26.3 Å². The first kappa shape index (κ1) is 14.3. The molecule has 1 aliphatic carbocycles. The van der Waals surface area contributed by atoms with Gasteiger partial charge in [-0.25, -0.2) is 4.98 Å². The Balaban J connectivity index is 1.75. The van der Waals surface area contributed by atoms with Crippen molar-refractivity contribution in [3.8, 4) is 5.75 Å². The number of rotatable bonds is 3. The molecule has 1 fully saturated rings. The van der Waals surface area contributed by atoms with Gasteiger partial charge in [0.05, 0.1) is 22.3 Å². The zero-order chi connectivity index (χ0) is 16.4. The largest absolute Gasteiger partial charge is 0.475 e. The first-order valence-corrected chi connectivity index (χ1v) is 7.80. The van der Waals surface area contributed by atoms with Gasteiger partial charge in [-0.2, -0.15) is 0 Å². The maximum absolute atomic E-state index is 12.0. The van der Waals surface area contributed by atoms with E-state index in [2.05, 4.69) is 10.3 Å². The number of hydrogen-bond acceptors (Lipinski definition) is 5. The van der Waals surface area contributed by atoms with Crippen LogP contribution >= 0.6 is 0 Å². The Hall–Kier alpha value is -2.28. The van der Waals surface area contributed by atoms with Crippen molar-refractivity contribution in [1.82, 2.24) is 9.55 Å². The summed E-state index contributed by atoms with van der Waals surface area (Å²) in [5, 5.41) is 12.8. The molecule has 1 amide bonds. The molecule has 1 aromatic heterocycles. The van der Waals surface area contributed by atoms with Crippen LogP contribution in [-0.2, 0) is 11.3 Å². The molecule has 0 radical (unpaired) electrons. The fraction of sp³-hybridized carbons (Fsp3) is 0.500. The summed E-state index contributed by atoms with van der Waals surface area (Å²) in [6.07, 6.45) is 2.05. The maximum Gasteiger partial charge on any atom is 0.268 e. The number of nitrogens with two attached hydrogens (primary N) is 1. The molecule has 7 nitrogen and oxygen atoms in total. The smallest absolute Gasteiger partial charge is 0.268 e. The van der Waals surface area contributed by atoms with Crippen LogP contribution in [0.2, 0.25) is 0 Å². The zero-order valence-electron chi connectivity index (χ0n) is 13.2. The highest BCUT2D eigenvalue weighted by atomic mass is 16.5. The van der Waals surface area contributed by atoms with E-state index in [1.54, 1.807) is 19.9 Å². The van der Waals surface area contributed by atoms with Gasteiger partial charge in [0.15, 0.2) is 5.60 Å². The summed E-state index contributed by atoms with van der Waals surface area (Å²) in [4.78, 5) is 16.4. The number of amides is 1. The van der Waals surface area contributed by atoms with E-state index in [-0.39, 0.29) is 5.91 Å². The quantitative estimate of drug-likeness (QED) is 0.799. The molecule has 1 spiro atoms. The van der Waals surface area contributed by atoms with Crippen molar-refractivity contribution in [3.05, 3.63) is 12.1 Å². The number of carbonyl (C=O) groups excluding carboxylic acids is 1. The topological polar surface area (TPSA) is 102 Å². The molecular formula is C16H20N4O3. The van der Waals surface area contributed by atoms with E-state index in [0.717, 1.165) is 18.4 Å². The predicted octanol–water partition coefficient (Wildman–Crippen LogP) is 1.64. The Labute approximate surface area is 133 Å². The van der Waals surface area contributed by atoms with Crippen LogP contribution in [0.3, 0.4) is 0 Å². The molecule has 2 aliphatic rings. The highest BCUT2D eigenvalue weighted by Crippen LogP contribution is 2.47. The maximum atomic E-state index is 12.0. The number of ether oxygens (including phenoxy) is 1. The van der Waals surface area contributed by atoms with E-state index in [1.807, 2.05) is 10.6 Å². The Morgan fingerprint density at radius 2 is 2.22 bits per heavy atom. The van der Waals surface area contributed by atoms with Gasteiger partial charge in [-0.3, -0.25) is 4.79 Å². The van der Waals surface area contributed by atoms with E-state index < -0.39 is 11.2 Å². The van der Waals surface area contributed by atoms with E-state index >= 15 is 0 Å². The third kappa shape index (κ3) is 2.31. The minimum atomic E-state index is -0.778. The van der Waals surface area contributed by atoms with Gasteiger partial charge < -0.3 is 25.5 Å². The van der Waals surface area contributed by atoms with E-state index in [9.17, 15) is 9.90 Å². The fourth-order valence-electron chi connectivity index (χ4n) is 2.91. The van der Waals surface area contributed by atoms with Gasteiger partial charge in [-0.15, -0.1) is 0 Å². The average Bonchev–Trinajstić information content (AvgIpc) is 3.14. The molecule has 1 aliphatic heterocycles. The van der Waals surface area contributed by atoms with Gasteiger partial charge in [0.1, 0.15) is 5.75 Å². The second-order valence-corrected chi connectivity index (χ2v) is 7.07. The molecular weight excluding hydrogens is 296 g/mol. The number of nitrogen functional groups attached to an aromatic ring is 1. The van der Waals surface area contributed by atoms with Crippen LogP contribution in [0.25, 0.3) is 11.0 Å². The summed E-state index contributed by atoms with van der Waals surface area (Å²) < 4.78 is 7.79. The van der Waals surface area contributed by atoms with Crippen molar-refractivity contribution in [1.29, 1.82) is 0 Å². The molecule has 0 saturated heterocycles. The number of hydrogen-bond donors (Lipinski definition) is 3. The summed E-state index contributed by atoms with van der Waals surface area (Å²) in [5.41, 5.74) is 6.74. The number of aliphatic hydroxyl groups is 1. The highest BCUT2D eigenvalue weighted by Gasteiger charge is 2.55. The zero-order valence-corrected chi connectivity index (χ0v) is 13.2. The lowest BCUT2D eigenvalue weighted by molar-refractivity contribution is -0.125. The number of nitrogens with one attached hydrogen (secondary N) is 1. The van der Waals surface area contributed by atoms with Crippen LogP contribution in [0, 0.1) is 0 Å². The van der Waals surface area contributed by atoms with E-state index in [4.69, 9.17) is 10.5 Å². The number of imidazole rings is 1. The summed E-state index contributed by atoms with van der Waals surface area (Å²) in [6.45, 7) is 4.08. The lowest BCUT2D eigenvalue weighted by atomic mass is 10.1. The summed E-state index contributed by atoms with van der Waals surface area (Å²) in [7, 11) is 0. The molecule has 2 heterocycles. The number of benzene rings is 1. The SMILES string of the molecule is CC(C)(O)CCn1c(N)nc2cc3c(cc21)OC1(CC1)C(=O)N3. The summed E-state index contributed by atoms with van der Waals surface area (Å²) in [5.74, 6) is 0.955. The Morgan fingerprint density at radius 3 is 2.87 bits per heavy atom. The first-order chi connectivity index (χ1) is 10.8. The Bertz CT molecular complexity index is 815. The molecule has 1 saturated carbocycles. The standard InChI is InChI=1S/C16H20N4O3/c1-15(2,22)5-6-20-11-8-12-10(7-9(11)19-14(20)17)18-13(21)16(23-12)3-4-16/h7-8,22H,3-6H2,1-2H3,(H2,17,19)(H,18,21). The van der Waals surface area contributed by atoms with Crippen molar-refractivity contribution in [2.45, 2.75) is 50.9 Å². The first-order valence-electron chi connectivity index (χ1n) is 7.80. The van der Waals surface area contributed by atoms with Gasteiger partial charge in [0, 0.05) is 25.5 Å². The molecule has 7 heteroatoms.